The Morgan fingerprint density at radius 3 is 2.00 bits per heavy atom. The van der Waals surface area contributed by atoms with E-state index in [1.165, 1.54) is 0 Å². The van der Waals surface area contributed by atoms with E-state index in [0.717, 1.165) is 0 Å². The molecule has 0 rings (SSSR count). The Bertz CT molecular complexity index is 190. The number of hydrogen-bond acceptors (Lipinski definition) is 2. The quantitative estimate of drug-likeness (QED) is 0.629. The summed E-state index contributed by atoms with van der Waals surface area (Å²) in [7, 11) is 0. The van der Waals surface area contributed by atoms with Crippen LogP contribution < -0.4 is 11.5 Å². The Kier molecular flexibility index (Phi) is 5.11. The molecule has 76 valence electrons. The SMILES string of the molecule is CC(C)[C@H](CCC(N)=O)CC(N)=O. The molecule has 2 amide bonds. The Morgan fingerprint density at radius 2 is 1.69 bits per heavy atom. The monoisotopic (exact) mass is 186 g/mol. The molecular weight excluding hydrogens is 168 g/mol. The predicted molar refractivity (Wildman–Crippen MR) is 50.6 cm³/mol. The fourth-order valence-electron chi connectivity index (χ4n) is 1.26. The molecule has 0 spiro atoms. The molecular formula is C9H18N2O2. The zero-order valence-electron chi connectivity index (χ0n) is 8.25. The van der Waals surface area contributed by atoms with E-state index in [2.05, 4.69) is 0 Å². The Morgan fingerprint density at radius 1 is 1.15 bits per heavy atom. The molecule has 0 heterocycles. The second-order valence-electron chi connectivity index (χ2n) is 3.68. The van der Waals surface area contributed by atoms with Gasteiger partial charge in [0.05, 0.1) is 0 Å². The van der Waals surface area contributed by atoms with E-state index >= 15 is 0 Å². The molecule has 0 saturated heterocycles. The van der Waals surface area contributed by atoms with Gasteiger partial charge < -0.3 is 11.5 Å². The van der Waals surface area contributed by atoms with Crippen molar-refractivity contribution < 1.29 is 9.59 Å². The van der Waals surface area contributed by atoms with Crippen molar-refractivity contribution in [1.82, 2.24) is 0 Å². The lowest BCUT2D eigenvalue weighted by Crippen LogP contribution is -2.22. The molecule has 0 aromatic rings. The van der Waals surface area contributed by atoms with Crippen LogP contribution in [-0.2, 0) is 9.59 Å². The van der Waals surface area contributed by atoms with Crippen LogP contribution in [0.3, 0.4) is 0 Å². The van der Waals surface area contributed by atoms with E-state index in [0.29, 0.717) is 25.2 Å². The van der Waals surface area contributed by atoms with Crippen molar-refractivity contribution in [3.8, 4) is 0 Å². The highest BCUT2D eigenvalue weighted by molar-refractivity contribution is 5.75. The first kappa shape index (κ1) is 11.9. The summed E-state index contributed by atoms with van der Waals surface area (Å²) in [4.78, 5) is 21.2. The molecule has 4 heteroatoms. The minimum atomic E-state index is -0.324. The van der Waals surface area contributed by atoms with Gasteiger partial charge in [-0.1, -0.05) is 13.8 Å². The van der Waals surface area contributed by atoms with Crippen molar-refractivity contribution in [2.75, 3.05) is 0 Å². The van der Waals surface area contributed by atoms with Gasteiger partial charge in [0.2, 0.25) is 11.8 Å². The maximum absolute atomic E-state index is 10.7. The lowest BCUT2D eigenvalue weighted by Gasteiger charge is -2.18. The molecule has 0 bridgehead atoms. The Hall–Kier alpha value is -1.06. The number of primary amides is 2. The smallest absolute Gasteiger partial charge is 0.217 e. The van der Waals surface area contributed by atoms with E-state index < -0.39 is 0 Å². The van der Waals surface area contributed by atoms with Gasteiger partial charge in [0.15, 0.2) is 0 Å². The van der Waals surface area contributed by atoms with Crippen molar-refractivity contribution in [1.29, 1.82) is 0 Å². The zero-order valence-corrected chi connectivity index (χ0v) is 8.25. The summed E-state index contributed by atoms with van der Waals surface area (Å²) in [6.07, 6.45) is 1.32. The topological polar surface area (TPSA) is 86.2 Å². The van der Waals surface area contributed by atoms with Crippen molar-refractivity contribution in [3.05, 3.63) is 0 Å². The van der Waals surface area contributed by atoms with Crippen molar-refractivity contribution in [2.45, 2.75) is 33.1 Å². The maximum Gasteiger partial charge on any atom is 0.217 e. The number of carbonyl (C=O) groups excluding carboxylic acids is 2. The van der Waals surface area contributed by atoms with Crippen molar-refractivity contribution >= 4 is 11.8 Å². The predicted octanol–water partition coefficient (Wildman–Crippen LogP) is 0.399. The molecule has 4 N–H and O–H groups in total. The maximum atomic E-state index is 10.7. The molecule has 13 heavy (non-hydrogen) atoms. The van der Waals surface area contributed by atoms with Gasteiger partial charge in [0.1, 0.15) is 0 Å². The molecule has 0 aliphatic carbocycles. The normalized spacial score (nSPS) is 12.8. The van der Waals surface area contributed by atoms with Crippen LogP contribution in [0.2, 0.25) is 0 Å². The van der Waals surface area contributed by atoms with Gasteiger partial charge >= 0.3 is 0 Å². The van der Waals surface area contributed by atoms with Crippen molar-refractivity contribution in [2.24, 2.45) is 23.3 Å². The average Bonchev–Trinajstić information content (AvgIpc) is 1.96. The number of carbonyl (C=O) groups is 2. The molecule has 4 nitrogen and oxygen atoms in total. The average molecular weight is 186 g/mol. The van der Waals surface area contributed by atoms with Crippen LogP contribution in [0, 0.1) is 11.8 Å². The molecule has 0 fully saturated rings. The Balaban J connectivity index is 3.95. The minimum absolute atomic E-state index is 0.171. The molecule has 1 atom stereocenters. The fourth-order valence-corrected chi connectivity index (χ4v) is 1.26. The van der Waals surface area contributed by atoms with E-state index in [1.54, 1.807) is 0 Å². The zero-order chi connectivity index (χ0) is 10.4. The highest BCUT2D eigenvalue weighted by atomic mass is 16.1. The van der Waals surface area contributed by atoms with E-state index in [1.807, 2.05) is 13.8 Å². The van der Waals surface area contributed by atoms with Crippen molar-refractivity contribution in [3.63, 3.8) is 0 Å². The molecule has 0 unspecified atom stereocenters. The standard InChI is InChI=1S/C9H18N2O2/c1-6(2)7(5-9(11)13)3-4-8(10)12/h6-7H,3-5H2,1-2H3,(H2,10,12)(H2,11,13)/t7-/m1/s1. The third-order valence-corrected chi connectivity index (χ3v) is 2.17. The van der Waals surface area contributed by atoms with Crippen LogP contribution in [0.5, 0.6) is 0 Å². The van der Waals surface area contributed by atoms with Gasteiger partial charge in [-0.15, -0.1) is 0 Å². The van der Waals surface area contributed by atoms with E-state index in [9.17, 15) is 9.59 Å². The van der Waals surface area contributed by atoms with Crippen LogP contribution in [0.1, 0.15) is 33.1 Å². The van der Waals surface area contributed by atoms with Gasteiger partial charge in [0.25, 0.3) is 0 Å². The highest BCUT2D eigenvalue weighted by Crippen LogP contribution is 2.20. The molecule has 0 aromatic heterocycles. The van der Waals surface area contributed by atoms with Crippen LogP contribution >= 0.6 is 0 Å². The largest absolute Gasteiger partial charge is 0.370 e. The first-order valence-electron chi connectivity index (χ1n) is 4.50. The number of rotatable bonds is 6. The first-order valence-corrected chi connectivity index (χ1v) is 4.50. The van der Waals surface area contributed by atoms with Gasteiger partial charge in [-0.3, -0.25) is 9.59 Å². The minimum Gasteiger partial charge on any atom is -0.370 e. The summed E-state index contributed by atoms with van der Waals surface area (Å²) in [5.41, 5.74) is 10.1. The Labute approximate surface area is 78.7 Å². The third kappa shape index (κ3) is 6.13. The summed E-state index contributed by atoms with van der Waals surface area (Å²) in [6, 6.07) is 0. The highest BCUT2D eigenvalue weighted by Gasteiger charge is 2.16. The molecule has 0 aromatic carbocycles. The first-order chi connectivity index (χ1) is 5.93. The second-order valence-corrected chi connectivity index (χ2v) is 3.68. The second kappa shape index (κ2) is 5.56. The van der Waals surface area contributed by atoms with Gasteiger partial charge in [-0.25, -0.2) is 0 Å². The number of amides is 2. The van der Waals surface area contributed by atoms with Gasteiger partial charge in [-0.05, 0) is 18.3 Å². The third-order valence-electron chi connectivity index (χ3n) is 2.17. The molecule has 0 saturated carbocycles. The number of hydrogen-bond donors (Lipinski definition) is 2. The molecule has 0 aliphatic rings. The summed E-state index contributed by atoms with van der Waals surface area (Å²) < 4.78 is 0. The van der Waals surface area contributed by atoms with Crippen LogP contribution in [0.15, 0.2) is 0 Å². The lowest BCUT2D eigenvalue weighted by atomic mass is 9.88. The molecule has 0 aliphatic heterocycles. The van der Waals surface area contributed by atoms with E-state index in [-0.39, 0.29) is 17.7 Å². The summed E-state index contributed by atoms with van der Waals surface area (Å²) in [6.45, 7) is 4.02. The fraction of sp³-hybridized carbons (Fsp3) is 0.778. The van der Waals surface area contributed by atoms with Gasteiger partial charge in [0, 0.05) is 12.8 Å². The summed E-state index contributed by atoms with van der Waals surface area (Å²) in [5, 5.41) is 0. The van der Waals surface area contributed by atoms with Crippen LogP contribution in [0.25, 0.3) is 0 Å². The molecule has 0 radical (unpaired) electrons. The van der Waals surface area contributed by atoms with Gasteiger partial charge in [-0.2, -0.15) is 0 Å². The van der Waals surface area contributed by atoms with E-state index in [4.69, 9.17) is 11.5 Å². The van der Waals surface area contributed by atoms with Crippen LogP contribution in [0.4, 0.5) is 0 Å². The summed E-state index contributed by atoms with van der Waals surface area (Å²) in [5.74, 6) is -0.116. The number of nitrogens with two attached hydrogens (primary N) is 2. The van der Waals surface area contributed by atoms with Crippen LogP contribution in [-0.4, -0.2) is 11.8 Å². The lowest BCUT2D eigenvalue weighted by molar-refractivity contribution is -0.121. The summed E-state index contributed by atoms with van der Waals surface area (Å²) >= 11 is 0.